The summed E-state index contributed by atoms with van der Waals surface area (Å²) in [4.78, 5) is 33.8. The van der Waals surface area contributed by atoms with Crippen LogP contribution in [0.5, 0.6) is 5.75 Å². The highest BCUT2D eigenvalue weighted by Gasteiger charge is 2.08. The van der Waals surface area contributed by atoms with Crippen LogP contribution in [0.1, 0.15) is 19.8 Å². The Balaban J connectivity index is 2.62. The lowest BCUT2D eigenvalue weighted by Gasteiger charge is -2.08. The predicted octanol–water partition coefficient (Wildman–Crippen LogP) is 0.228. The Morgan fingerprint density at radius 3 is 2.85 bits per heavy atom. The van der Waals surface area contributed by atoms with Crippen LogP contribution in [-0.2, 0) is 16.1 Å². The average molecular weight is 282 g/mol. The molecule has 0 bridgehead atoms. The van der Waals surface area contributed by atoms with E-state index in [2.05, 4.69) is 5.32 Å². The summed E-state index contributed by atoms with van der Waals surface area (Å²) < 4.78 is 6.39. The number of aromatic nitrogens is 1. The highest BCUT2D eigenvalue weighted by Crippen LogP contribution is 2.02. The van der Waals surface area contributed by atoms with Crippen LogP contribution in [0.3, 0.4) is 0 Å². The molecule has 2 N–H and O–H groups in total. The van der Waals surface area contributed by atoms with Gasteiger partial charge in [0, 0.05) is 19.3 Å². The zero-order chi connectivity index (χ0) is 15.0. The number of carboxylic acids is 1. The van der Waals surface area contributed by atoms with Gasteiger partial charge in [-0.3, -0.25) is 14.4 Å². The van der Waals surface area contributed by atoms with Crippen molar-refractivity contribution in [3.8, 4) is 5.75 Å². The molecule has 0 aliphatic heterocycles. The minimum absolute atomic E-state index is 0.0320. The Hall–Kier alpha value is -2.31. The maximum atomic E-state index is 11.9. The van der Waals surface area contributed by atoms with E-state index in [1.165, 1.54) is 16.8 Å². The van der Waals surface area contributed by atoms with Gasteiger partial charge in [-0.25, -0.2) is 0 Å². The van der Waals surface area contributed by atoms with E-state index in [0.717, 1.165) is 6.42 Å². The van der Waals surface area contributed by atoms with Gasteiger partial charge in [-0.2, -0.15) is 0 Å². The Labute approximate surface area is 116 Å². The lowest BCUT2D eigenvalue weighted by molar-refractivity contribution is -0.137. The fourth-order valence-corrected chi connectivity index (χ4v) is 1.48. The van der Waals surface area contributed by atoms with E-state index in [4.69, 9.17) is 9.84 Å². The first-order chi connectivity index (χ1) is 9.54. The third-order valence-corrected chi connectivity index (χ3v) is 2.48. The van der Waals surface area contributed by atoms with E-state index < -0.39 is 11.5 Å². The van der Waals surface area contributed by atoms with Crippen molar-refractivity contribution in [3.05, 3.63) is 28.7 Å². The number of pyridine rings is 1. The minimum atomic E-state index is -0.984. The van der Waals surface area contributed by atoms with Crippen LogP contribution >= 0.6 is 0 Å². The molecule has 0 fully saturated rings. The van der Waals surface area contributed by atoms with Gasteiger partial charge in [-0.1, -0.05) is 6.92 Å². The molecule has 0 spiro atoms. The van der Waals surface area contributed by atoms with Crippen LogP contribution in [0.4, 0.5) is 0 Å². The van der Waals surface area contributed by atoms with Gasteiger partial charge in [0.05, 0.1) is 6.42 Å². The summed E-state index contributed by atoms with van der Waals surface area (Å²) in [5.74, 6) is -1.25. The lowest BCUT2D eigenvalue weighted by atomic mass is 10.4. The number of amides is 1. The number of hydrogen-bond acceptors (Lipinski definition) is 4. The van der Waals surface area contributed by atoms with E-state index >= 15 is 0 Å². The summed E-state index contributed by atoms with van der Waals surface area (Å²) in [5, 5.41) is 11.2. The van der Waals surface area contributed by atoms with Gasteiger partial charge in [-0.15, -0.1) is 0 Å². The van der Waals surface area contributed by atoms with Gasteiger partial charge >= 0.3 is 5.97 Å². The first-order valence-electron chi connectivity index (χ1n) is 6.35. The Morgan fingerprint density at radius 1 is 1.45 bits per heavy atom. The summed E-state index contributed by atoms with van der Waals surface area (Å²) >= 11 is 0. The third kappa shape index (κ3) is 5.13. The maximum Gasteiger partial charge on any atom is 0.305 e. The third-order valence-electron chi connectivity index (χ3n) is 2.48. The van der Waals surface area contributed by atoms with Gasteiger partial charge in [0.25, 0.3) is 11.5 Å². The number of ether oxygens (including phenoxy) is 1. The summed E-state index contributed by atoms with van der Waals surface area (Å²) in [6.07, 6.45) is 2.15. The molecule has 1 aromatic heterocycles. The number of carboxylic acid groups (broad SMARTS) is 1. The van der Waals surface area contributed by atoms with Crippen molar-refractivity contribution < 1.29 is 19.4 Å². The summed E-state index contributed by atoms with van der Waals surface area (Å²) in [5.41, 5.74) is -0.447. The number of carbonyl (C=O) groups excluding carboxylic acids is 1. The van der Waals surface area contributed by atoms with Crippen molar-refractivity contribution in [2.45, 2.75) is 26.3 Å². The number of aliphatic carboxylic acids is 1. The van der Waals surface area contributed by atoms with Crippen LogP contribution in [0, 0.1) is 0 Å². The largest absolute Gasteiger partial charge is 0.481 e. The van der Waals surface area contributed by atoms with Crippen molar-refractivity contribution in [1.82, 2.24) is 9.88 Å². The van der Waals surface area contributed by atoms with Crippen molar-refractivity contribution in [1.29, 1.82) is 0 Å². The molecule has 7 heteroatoms. The van der Waals surface area contributed by atoms with Gasteiger partial charge in [0.1, 0.15) is 0 Å². The van der Waals surface area contributed by atoms with E-state index in [0.29, 0.717) is 6.54 Å². The molecular weight excluding hydrogens is 264 g/mol. The second-order valence-corrected chi connectivity index (χ2v) is 4.15. The van der Waals surface area contributed by atoms with E-state index in [9.17, 15) is 14.4 Å². The minimum Gasteiger partial charge on any atom is -0.481 e. The van der Waals surface area contributed by atoms with Crippen molar-refractivity contribution in [2.75, 3.05) is 13.2 Å². The zero-order valence-corrected chi connectivity index (χ0v) is 11.3. The van der Waals surface area contributed by atoms with E-state index in [-0.39, 0.29) is 31.2 Å². The first kappa shape index (κ1) is 15.7. The number of nitrogens with zero attached hydrogens (tertiary/aromatic N) is 1. The molecule has 0 aliphatic rings. The second kappa shape index (κ2) is 7.98. The number of rotatable bonds is 8. The SMILES string of the molecule is CCCNC(=O)COc1cccn(CCC(=O)O)c1=O. The van der Waals surface area contributed by atoms with Crippen molar-refractivity contribution in [3.63, 3.8) is 0 Å². The van der Waals surface area contributed by atoms with Crippen LogP contribution in [0.25, 0.3) is 0 Å². The molecular formula is C13H18N2O5. The van der Waals surface area contributed by atoms with Crippen LogP contribution in [0.2, 0.25) is 0 Å². The molecule has 0 radical (unpaired) electrons. The fraction of sp³-hybridized carbons (Fsp3) is 0.462. The molecule has 110 valence electrons. The maximum absolute atomic E-state index is 11.9. The summed E-state index contributed by atoms with van der Waals surface area (Å²) in [7, 11) is 0. The number of carbonyl (C=O) groups is 2. The average Bonchev–Trinajstić information content (AvgIpc) is 2.42. The molecule has 1 amide bonds. The summed E-state index contributed by atoms with van der Waals surface area (Å²) in [6, 6.07) is 3.02. The van der Waals surface area contributed by atoms with Gasteiger partial charge in [0.15, 0.2) is 12.4 Å². The number of aryl methyl sites for hydroxylation is 1. The molecule has 0 aliphatic carbocycles. The molecule has 0 saturated carbocycles. The second-order valence-electron chi connectivity index (χ2n) is 4.15. The summed E-state index contributed by atoms with van der Waals surface area (Å²) in [6.45, 7) is 2.31. The molecule has 1 aromatic rings. The first-order valence-corrected chi connectivity index (χ1v) is 6.35. The highest BCUT2D eigenvalue weighted by molar-refractivity contribution is 5.77. The molecule has 1 rings (SSSR count). The predicted molar refractivity (Wildman–Crippen MR) is 71.8 cm³/mol. The number of hydrogen-bond donors (Lipinski definition) is 2. The van der Waals surface area contributed by atoms with Gasteiger partial charge < -0.3 is 19.7 Å². The van der Waals surface area contributed by atoms with Gasteiger partial charge in [-0.05, 0) is 18.6 Å². The molecule has 0 unspecified atom stereocenters. The van der Waals surface area contributed by atoms with Crippen LogP contribution < -0.4 is 15.6 Å². The molecule has 7 nitrogen and oxygen atoms in total. The quantitative estimate of drug-likeness (QED) is 0.711. The van der Waals surface area contributed by atoms with Crippen molar-refractivity contribution in [2.24, 2.45) is 0 Å². The standard InChI is InChI=1S/C13H18N2O5/c1-2-6-14-11(16)9-20-10-4-3-7-15(13(10)19)8-5-12(17)18/h3-4,7H,2,5-6,8-9H2,1H3,(H,14,16)(H,17,18). The molecule has 0 saturated heterocycles. The van der Waals surface area contributed by atoms with Gasteiger partial charge in [0.2, 0.25) is 0 Å². The molecule has 0 atom stereocenters. The Morgan fingerprint density at radius 2 is 2.20 bits per heavy atom. The molecule has 1 heterocycles. The van der Waals surface area contributed by atoms with Crippen LogP contribution in [-0.4, -0.2) is 34.7 Å². The molecule has 20 heavy (non-hydrogen) atoms. The fourth-order valence-electron chi connectivity index (χ4n) is 1.48. The van der Waals surface area contributed by atoms with E-state index in [1.807, 2.05) is 6.92 Å². The normalized spacial score (nSPS) is 10.1. The van der Waals surface area contributed by atoms with E-state index in [1.54, 1.807) is 6.07 Å². The number of nitrogens with one attached hydrogen (secondary N) is 1. The monoisotopic (exact) mass is 282 g/mol. The smallest absolute Gasteiger partial charge is 0.305 e. The Kier molecular flexibility index (Phi) is 6.28. The van der Waals surface area contributed by atoms with Crippen LogP contribution in [0.15, 0.2) is 23.1 Å². The zero-order valence-electron chi connectivity index (χ0n) is 11.3. The topological polar surface area (TPSA) is 97.6 Å². The van der Waals surface area contributed by atoms with Crippen molar-refractivity contribution >= 4 is 11.9 Å². The molecule has 0 aromatic carbocycles. The highest BCUT2D eigenvalue weighted by atomic mass is 16.5. The Bertz CT molecular complexity index is 524. The lowest BCUT2D eigenvalue weighted by Crippen LogP contribution is -2.31.